The van der Waals surface area contributed by atoms with Crippen molar-refractivity contribution in [2.75, 3.05) is 43.2 Å². The van der Waals surface area contributed by atoms with E-state index < -0.39 is 0 Å². The molecular formula is C14H22N2O2S2. The summed E-state index contributed by atoms with van der Waals surface area (Å²) in [7, 11) is 0. The van der Waals surface area contributed by atoms with Gasteiger partial charge < -0.3 is 15.4 Å². The topological polar surface area (TPSA) is 55.6 Å². The summed E-state index contributed by atoms with van der Waals surface area (Å²) in [6.45, 7) is 7.20. The summed E-state index contributed by atoms with van der Waals surface area (Å²) in [5.41, 5.74) is 6.86. The molecule has 1 aromatic rings. The smallest absolute Gasteiger partial charge is 0.177 e. The van der Waals surface area contributed by atoms with E-state index in [2.05, 4.69) is 4.90 Å². The predicted octanol–water partition coefficient (Wildman–Crippen LogP) is 3.12. The van der Waals surface area contributed by atoms with Gasteiger partial charge in [0.1, 0.15) is 5.00 Å². The summed E-state index contributed by atoms with van der Waals surface area (Å²) in [4.78, 5) is 16.3. The molecule has 4 nitrogen and oxygen atoms in total. The Morgan fingerprint density at radius 1 is 1.40 bits per heavy atom. The number of rotatable bonds is 4. The van der Waals surface area contributed by atoms with Crippen LogP contribution in [-0.4, -0.2) is 38.3 Å². The minimum absolute atomic E-state index is 0.0222. The van der Waals surface area contributed by atoms with Crippen molar-refractivity contribution in [3.05, 3.63) is 4.88 Å². The number of nitrogen functional groups attached to an aromatic ring is 1. The van der Waals surface area contributed by atoms with Gasteiger partial charge in [-0.15, -0.1) is 23.1 Å². The van der Waals surface area contributed by atoms with Crippen LogP contribution in [0.1, 0.15) is 29.9 Å². The van der Waals surface area contributed by atoms with E-state index in [1.54, 1.807) is 11.8 Å². The van der Waals surface area contributed by atoms with Crippen molar-refractivity contribution < 1.29 is 9.53 Å². The Morgan fingerprint density at radius 3 is 2.80 bits per heavy atom. The van der Waals surface area contributed by atoms with Gasteiger partial charge in [-0.25, -0.2) is 0 Å². The van der Waals surface area contributed by atoms with E-state index >= 15 is 0 Å². The van der Waals surface area contributed by atoms with Crippen LogP contribution in [0.3, 0.4) is 0 Å². The van der Waals surface area contributed by atoms with Crippen LogP contribution < -0.4 is 10.6 Å². The number of Topliss-reactive ketones (excluding diaryl/α,β-unsaturated/α-hetero) is 1. The molecule has 0 aromatic carbocycles. The number of carbonyl (C=O) groups is 1. The summed E-state index contributed by atoms with van der Waals surface area (Å²) in [6, 6.07) is 0. The molecule has 2 N–H and O–H groups in total. The summed E-state index contributed by atoms with van der Waals surface area (Å²) >= 11 is 3.16. The van der Waals surface area contributed by atoms with Gasteiger partial charge in [-0.1, -0.05) is 13.8 Å². The number of carbonyl (C=O) groups excluding carboxylic acids is 1. The van der Waals surface area contributed by atoms with Crippen molar-refractivity contribution in [3.63, 3.8) is 0 Å². The van der Waals surface area contributed by atoms with E-state index in [1.165, 1.54) is 11.3 Å². The molecule has 0 spiro atoms. The van der Waals surface area contributed by atoms with Gasteiger partial charge in [-0.2, -0.15) is 0 Å². The Labute approximate surface area is 128 Å². The van der Waals surface area contributed by atoms with Crippen LogP contribution in [0.2, 0.25) is 0 Å². The zero-order chi connectivity index (χ0) is 14.7. The van der Waals surface area contributed by atoms with Crippen molar-refractivity contribution >= 4 is 39.6 Å². The molecule has 0 bridgehead atoms. The van der Waals surface area contributed by atoms with Crippen molar-refractivity contribution in [2.45, 2.75) is 25.2 Å². The first-order valence-corrected chi connectivity index (χ1v) is 8.93. The number of nitrogens with zero attached hydrogens (tertiary/aromatic N) is 1. The molecule has 1 saturated heterocycles. The highest BCUT2D eigenvalue weighted by atomic mass is 32.2. The minimum Gasteiger partial charge on any atom is -0.396 e. The SMILES string of the molecule is CSc1c(N2CCCOCC2)sc(C(=O)C(C)C)c1N. The predicted molar refractivity (Wildman–Crippen MR) is 87.3 cm³/mol. The molecule has 0 saturated carbocycles. The van der Waals surface area contributed by atoms with Gasteiger partial charge in [0.15, 0.2) is 5.78 Å². The van der Waals surface area contributed by atoms with E-state index in [0.717, 1.165) is 42.6 Å². The van der Waals surface area contributed by atoms with Crippen LogP contribution in [0.25, 0.3) is 0 Å². The molecule has 112 valence electrons. The Bertz CT molecular complexity index is 478. The number of hydrogen-bond donors (Lipinski definition) is 1. The normalized spacial score (nSPS) is 16.5. The molecule has 0 unspecified atom stereocenters. The maximum absolute atomic E-state index is 12.3. The van der Waals surface area contributed by atoms with E-state index in [9.17, 15) is 4.79 Å². The number of thioether (sulfide) groups is 1. The maximum atomic E-state index is 12.3. The van der Waals surface area contributed by atoms with Crippen molar-refractivity contribution in [1.82, 2.24) is 0 Å². The third-order valence-electron chi connectivity index (χ3n) is 3.34. The largest absolute Gasteiger partial charge is 0.396 e. The highest BCUT2D eigenvalue weighted by molar-refractivity contribution is 7.99. The summed E-state index contributed by atoms with van der Waals surface area (Å²) in [6.07, 6.45) is 3.03. The van der Waals surface area contributed by atoms with Crippen LogP contribution in [0.15, 0.2) is 4.90 Å². The number of nitrogens with two attached hydrogens (primary N) is 1. The Morgan fingerprint density at radius 2 is 2.15 bits per heavy atom. The average Bonchev–Trinajstić information content (AvgIpc) is 2.62. The third-order valence-corrected chi connectivity index (χ3v) is 5.58. The average molecular weight is 314 g/mol. The number of hydrogen-bond acceptors (Lipinski definition) is 6. The molecule has 1 aliphatic rings. The Kier molecular flexibility index (Phi) is 5.35. The number of ether oxygens (including phenoxy) is 1. The lowest BCUT2D eigenvalue weighted by atomic mass is 10.1. The molecule has 2 heterocycles. The van der Waals surface area contributed by atoms with Crippen LogP contribution in [0.4, 0.5) is 10.7 Å². The number of thiophene rings is 1. The molecule has 1 fully saturated rings. The van der Waals surface area contributed by atoms with Crippen LogP contribution >= 0.6 is 23.1 Å². The molecule has 0 aliphatic carbocycles. The van der Waals surface area contributed by atoms with E-state index in [1.807, 2.05) is 20.1 Å². The molecule has 1 aromatic heterocycles. The number of anilines is 2. The van der Waals surface area contributed by atoms with Gasteiger partial charge in [0, 0.05) is 25.6 Å². The fraction of sp³-hybridized carbons (Fsp3) is 0.643. The second-order valence-electron chi connectivity index (χ2n) is 5.16. The molecule has 20 heavy (non-hydrogen) atoms. The molecule has 0 amide bonds. The van der Waals surface area contributed by atoms with E-state index in [-0.39, 0.29) is 11.7 Å². The first-order valence-electron chi connectivity index (χ1n) is 6.89. The maximum Gasteiger partial charge on any atom is 0.177 e. The van der Waals surface area contributed by atoms with Crippen molar-refractivity contribution in [2.24, 2.45) is 5.92 Å². The Hall–Kier alpha value is -0.720. The molecular weight excluding hydrogens is 292 g/mol. The quantitative estimate of drug-likeness (QED) is 0.683. The standard InChI is InChI=1S/C14H22N2O2S2/c1-9(2)11(17)12-10(15)13(19-3)14(20-12)16-5-4-7-18-8-6-16/h9H,4-8,15H2,1-3H3. The van der Waals surface area contributed by atoms with Crippen LogP contribution in [-0.2, 0) is 4.74 Å². The Balaban J connectivity index is 2.37. The monoisotopic (exact) mass is 314 g/mol. The zero-order valence-electron chi connectivity index (χ0n) is 12.3. The summed E-state index contributed by atoms with van der Waals surface area (Å²) < 4.78 is 5.50. The fourth-order valence-corrected chi connectivity index (χ4v) is 4.54. The van der Waals surface area contributed by atoms with Crippen molar-refractivity contribution in [1.29, 1.82) is 0 Å². The van der Waals surface area contributed by atoms with E-state index in [4.69, 9.17) is 10.5 Å². The second kappa shape index (κ2) is 6.83. The molecule has 0 atom stereocenters. The summed E-state index contributed by atoms with van der Waals surface area (Å²) in [5.74, 6) is 0.117. The zero-order valence-corrected chi connectivity index (χ0v) is 13.9. The van der Waals surface area contributed by atoms with E-state index in [0.29, 0.717) is 10.6 Å². The van der Waals surface area contributed by atoms with Gasteiger partial charge in [-0.3, -0.25) is 4.79 Å². The first kappa shape index (κ1) is 15.7. The third kappa shape index (κ3) is 3.13. The molecule has 1 aliphatic heterocycles. The number of ketones is 1. The fourth-order valence-electron chi connectivity index (χ4n) is 2.22. The summed E-state index contributed by atoms with van der Waals surface area (Å²) in [5, 5.41) is 1.13. The minimum atomic E-state index is -0.0222. The van der Waals surface area contributed by atoms with Gasteiger partial charge in [0.2, 0.25) is 0 Å². The van der Waals surface area contributed by atoms with Gasteiger partial charge in [-0.05, 0) is 12.7 Å². The molecule has 0 radical (unpaired) electrons. The first-order chi connectivity index (χ1) is 9.56. The molecule has 6 heteroatoms. The van der Waals surface area contributed by atoms with Crippen LogP contribution in [0.5, 0.6) is 0 Å². The lowest BCUT2D eigenvalue weighted by Crippen LogP contribution is -2.25. The van der Waals surface area contributed by atoms with Gasteiger partial charge in [0.25, 0.3) is 0 Å². The van der Waals surface area contributed by atoms with Crippen LogP contribution in [0, 0.1) is 5.92 Å². The lowest BCUT2D eigenvalue weighted by molar-refractivity contribution is 0.0944. The second-order valence-corrected chi connectivity index (χ2v) is 6.97. The molecule has 2 rings (SSSR count). The highest BCUT2D eigenvalue weighted by Gasteiger charge is 2.25. The highest BCUT2D eigenvalue weighted by Crippen LogP contribution is 2.44. The van der Waals surface area contributed by atoms with Crippen molar-refractivity contribution in [3.8, 4) is 0 Å². The van der Waals surface area contributed by atoms with Gasteiger partial charge >= 0.3 is 0 Å². The lowest BCUT2D eigenvalue weighted by Gasteiger charge is -2.21. The van der Waals surface area contributed by atoms with Gasteiger partial charge in [0.05, 0.1) is 22.1 Å².